The first kappa shape index (κ1) is 10.5. The van der Waals surface area contributed by atoms with E-state index in [0.29, 0.717) is 0 Å². The first-order valence-corrected chi connectivity index (χ1v) is 3.95. The molecular weight excluding hydrogens is 209 g/mol. The lowest BCUT2D eigenvalue weighted by molar-refractivity contribution is 0.0600. The first-order chi connectivity index (χ1) is 6.60. The molecule has 0 unspecified atom stereocenters. The van der Waals surface area contributed by atoms with E-state index in [4.69, 9.17) is 16.9 Å². The van der Waals surface area contributed by atoms with Crippen LogP contribution < -0.4 is 0 Å². The molecule has 0 fully saturated rings. The fourth-order valence-electron chi connectivity index (χ4n) is 0.971. The van der Waals surface area contributed by atoms with Crippen molar-refractivity contribution in [1.29, 1.82) is 5.26 Å². The average Bonchev–Trinajstić information content (AvgIpc) is 2.15. The molecule has 1 rings (SSSR count). The number of rotatable bonds is 1. The number of hydrogen-bond acceptors (Lipinski definition) is 3. The molecule has 0 aromatic heterocycles. The smallest absolute Gasteiger partial charge is 0.340 e. The summed E-state index contributed by atoms with van der Waals surface area (Å²) in [5.41, 5.74) is -0.250. The van der Waals surface area contributed by atoms with E-state index in [0.717, 1.165) is 19.2 Å². The van der Waals surface area contributed by atoms with Crippen LogP contribution in [0.1, 0.15) is 15.9 Å². The molecule has 0 heterocycles. The maximum atomic E-state index is 12.8. The van der Waals surface area contributed by atoms with Crippen LogP contribution in [0.25, 0.3) is 0 Å². The lowest BCUT2D eigenvalue weighted by atomic mass is 10.1. The molecule has 0 spiro atoms. The zero-order valence-corrected chi connectivity index (χ0v) is 7.93. The second-order valence-electron chi connectivity index (χ2n) is 2.41. The summed E-state index contributed by atoms with van der Waals surface area (Å²) in [6.07, 6.45) is 0. The number of ether oxygens (including phenoxy) is 1. The van der Waals surface area contributed by atoms with Crippen molar-refractivity contribution in [3.8, 4) is 6.07 Å². The minimum Gasteiger partial charge on any atom is -0.465 e. The summed E-state index contributed by atoms with van der Waals surface area (Å²) in [6, 6.07) is 3.55. The van der Waals surface area contributed by atoms with Gasteiger partial charge < -0.3 is 4.74 Å². The number of esters is 1. The molecule has 1 aromatic carbocycles. The monoisotopic (exact) mass is 213 g/mol. The van der Waals surface area contributed by atoms with Gasteiger partial charge >= 0.3 is 5.97 Å². The molecule has 72 valence electrons. The Balaban J connectivity index is 3.42. The Bertz CT molecular complexity index is 426. The quantitative estimate of drug-likeness (QED) is 0.672. The summed E-state index contributed by atoms with van der Waals surface area (Å²) in [7, 11) is 1.16. The van der Waals surface area contributed by atoms with Gasteiger partial charge in [-0.1, -0.05) is 11.6 Å². The minimum atomic E-state index is -0.758. The Labute approximate surface area is 84.7 Å². The van der Waals surface area contributed by atoms with Crippen molar-refractivity contribution in [2.45, 2.75) is 0 Å². The van der Waals surface area contributed by atoms with Gasteiger partial charge in [0.2, 0.25) is 0 Å². The predicted octanol–water partition coefficient (Wildman–Crippen LogP) is 2.14. The summed E-state index contributed by atoms with van der Waals surface area (Å²) < 4.78 is 17.2. The summed E-state index contributed by atoms with van der Waals surface area (Å²) in [6.45, 7) is 0. The normalized spacial score (nSPS) is 9.29. The van der Waals surface area contributed by atoms with E-state index >= 15 is 0 Å². The van der Waals surface area contributed by atoms with Crippen molar-refractivity contribution in [3.05, 3.63) is 34.1 Å². The fraction of sp³-hybridized carbons (Fsp3) is 0.111. The maximum absolute atomic E-state index is 12.8. The highest BCUT2D eigenvalue weighted by Gasteiger charge is 2.17. The zero-order valence-electron chi connectivity index (χ0n) is 7.17. The lowest BCUT2D eigenvalue weighted by Crippen LogP contribution is -2.05. The van der Waals surface area contributed by atoms with Crippen LogP contribution in [-0.2, 0) is 4.74 Å². The van der Waals surface area contributed by atoms with Gasteiger partial charge in [-0.15, -0.1) is 0 Å². The Kier molecular flexibility index (Phi) is 3.05. The van der Waals surface area contributed by atoms with Crippen LogP contribution in [0.4, 0.5) is 4.39 Å². The standard InChI is InChI=1S/C9H5ClFNO2/c1-14-9(13)8-5(4-12)2-6(11)3-7(8)10/h2-3H,1H3. The van der Waals surface area contributed by atoms with E-state index in [1.165, 1.54) is 0 Å². The maximum Gasteiger partial charge on any atom is 0.340 e. The van der Waals surface area contributed by atoms with Crippen LogP contribution in [0.5, 0.6) is 0 Å². The van der Waals surface area contributed by atoms with Gasteiger partial charge in [-0.05, 0) is 12.1 Å². The van der Waals surface area contributed by atoms with E-state index in [9.17, 15) is 9.18 Å². The van der Waals surface area contributed by atoms with Crippen LogP contribution >= 0.6 is 11.6 Å². The van der Waals surface area contributed by atoms with Crippen molar-refractivity contribution < 1.29 is 13.9 Å². The average molecular weight is 214 g/mol. The molecule has 3 nitrogen and oxygen atoms in total. The predicted molar refractivity (Wildman–Crippen MR) is 47.5 cm³/mol. The molecule has 0 N–H and O–H groups in total. The third-order valence-electron chi connectivity index (χ3n) is 1.56. The van der Waals surface area contributed by atoms with E-state index in [1.807, 2.05) is 0 Å². The number of hydrogen-bond donors (Lipinski definition) is 0. The largest absolute Gasteiger partial charge is 0.465 e. The summed E-state index contributed by atoms with van der Waals surface area (Å²) >= 11 is 5.60. The molecule has 0 bridgehead atoms. The van der Waals surface area contributed by atoms with Crippen LogP contribution in [0.3, 0.4) is 0 Å². The van der Waals surface area contributed by atoms with Crippen LogP contribution in [-0.4, -0.2) is 13.1 Å². The highest BCUT2D eigenvalue weighted by molar-refractivity contribution is 6.33. The molecule has 0 amide bonds. The topological polar surface area (TPSA) is 50.1 Å². The van der Waals surface area contributed by atoms with E-state index in [2.05, 4.69) is 4.74 Å². The third kappa shape index (κ3) is 1.83. The molecule has 0 aliphatic heterocycles. The van der Waals surface area contributed by atoms with Crippen molar-refractivity contribution in [3.63, 3.8) is 0 Å². The van der Waals surface area contributed by atoms with Gasteiger partial charge in [0, 0.05) is 0 Å². The lowest BCUT2D eigenvalue weighted by Gasteiger charge is -2.03. The van der Waals surface area contributed by atoms with Crippen molar-refractivity contribution in [1.82, 2.24) is 0 Å². The van der Waals surface area contributed by atoms with E-state index in [-0.39, 0.29) is 16.1 Å². The van der Waals surface area contributed by atoms with Gasteiger partial charge in [0.25, 0.3) is 0 Å². The van der Waals surface area contributed by atoms with Gasteiger partial charge in [0.15, 0.2) is 0 Å². The highest BCUT2D eigenvalue weighted by Crippen LogP contribution is 2.22. The number of carbonyl (C=O) groups is 1. The second-order valence-corrected chi connectivity index (χ2v) is 2.82. The number of halogens is 2. The Morgan fingerprint density at radius 2 is 2.29 bits per heavy atom. The molecule has 0 saturated heterocycles. The minimum absolute atomic E-state index is 0.113. The van der Waals surface area contributed by atoms with Crippen molar-refractivity contribution in [2.24, 2.45) is 0 Å². The van der Waals surface area contributed by atoms with Crippen LogP contribution in [0.15, 0.2) is 12.1 Å². The first-order valence-electron chi connectivity index (χ1n) is 3.57. The molecule has 0 radical (unpaired) electrons. The second kappa shape index (κ2) is 4.07. The molecule has 0 aliphatic rings. The number of nitriles is 1. The third-order valence-corrected chi connectivity index (χ3v) is 1.86. The van der Waals surface area contributed by atoms with Gasteiger partial charge in [-0.25, -0.2) is 9.18 Å². The summed E-state index contributed by atoms with van der Waals surface area (Å²) in [5, 5.41) is 8.50. The molecule has 5 heteroatoms. The number of carbonyl (C=O) groups excluding carboxylic acids is 1. The molecule has 0 atom stereocenters. The summed E-state index contributed by atoms with van der Waals surface area (Å²) in [4.78, 5) is 11.1. The molecule has 1 aromatic rings. The van der Waals surface area contributed by atoms with Crippen LogP contribution in [0, 0.1) is 17.1 Å². The zero-order chi connectivity index (χ0) is 10.7. The molecule has 0 aliphatic carbocycles. The van der Waals surface area contributed by atoms with Gasteiger partial charge in [-0.3, -0.25) is 0 Å². The van der Waals surface area contributed by atoms with Crippen LogP contribution in [0.2, 0.25) is 5.02 Å². The molecular formula is C9H5ClFNO2. The fourth-order valence-corrected chi connectivity index (χ4v) is 1.25. The Hall–Kier alpha value is -1.60. The Morgan fingerprint density at radius 3 is 2.79 bits per heavy atom. The van der Waals surface area contributed by atoms with Gasteiger partial charge in [0.05, 0.1) is 23.3 Å². The highest BCUT2D eigenvalue weighted by atomic mass is 35.5. The molecule has 14 heavy (non-hydrogen) atoms. The number of benzene rings is 1. The van der Waals surface area contributed by atoms with Crippen molar-refractivity contribution in [2.75, 3.05) is 7.11 Å². The van der Waals surface area contributed by atoms with E-state index < -0.39 is 11.8 Å². The number of methoxy groups -OCH3 is 1. The summed E-state index contributed by atoms with van der Waals surface area (Å²) in [5.74, 6) is -1.43. The Morgan fingerprint density at radius 1 is 1.64 bits per heavy atom. The molecule has 0 saturated carbocycles. The SMILES string of the molecule is COC(=O)c1c(Cl)cc(F)cc1C#N. The van der Waals surface area contributed by atoms with Gasteiger partial charge in [-0.2, -0.15) is 5.26 Å². The number of nitrogens with zero attached hydrogens (tertiary/aromatic N) is 1. The van der Waals surface area contributed by atoms with E-state index in [1.54, 1.807) is 6.07 Å². The van der Waals surface area contributed by atoms with Gasteiger partial charge in [0.1, 0.15) is 11.9 Å². The van der Waals surface area contributed by atoms with Crippen molar-refractivity contribution >= 4 is 17.6 Å².